The van der Waals surface area contributed by atoms with Crippen LogP contribution in [0.15, 0.2) is 91.0 Å². The Morgan fingerprint density at radius 1 is 0.469 bits per heavy atom. The summed E-state index contributed by atoms with van der Waals surface area (Å²) in [5.74, 6) is 0. The zero-order valence-electron chi connectivity index (χ0n) is 19.4. The maximum atomic E-state index is 5.65. The fourth-order valence-corrected chi connectivity index (χ4v) is 4.89. The molecule has 0 saturated carbocycles. The van der Waals surface area contributed by atoms with Crippen LogP contribution in [-0.2, 0) is 19.3 Å². The van der Waals surface area contributed by atoms with Crippen LogP contribution in [0.4, 0.5) is 0 Å². The van der Waals surface area contributed by atoms with Crippen molar-refractivity contribution in [2.75, 3.05) is 6.54 Å². The summed E-state index contributed by atoms with van der Waals surface area (Å²) in [6.07, 6.45) is 12.4. The van der Waals surface area contributed by atoms with E-state index in [0.717, 1.165) is 25.8 Å². The van der Waals surface area contributed by atoms with Crippen LogP contribution in [0.2, 0.25) is 0 Å². The standard InChI is InChI=1S/C30H39N.HI/c31-23-15-4-2-1-3-14-22-30(24-27-16-8-5-9-17-27,25-28-18-10-6-11-19-28)26-29-20-12-7-13-21-29;/h5-13,16-21H,1-4,14-15,22-26,31H2;1H. The Hall–Kier alpha value is -1.65. The van der Waals surface area contributed by atoms with Crippen LogP contribution in [0.25, 0.3) is 0 Å². The Labute approximate surface area is 212 Å². The first-order valence-corrected chi connectivity index (χ1v) is 12.1. The number of nitrogens with two attached hydrogens (primary N) is 1. The molecule has 0 aliphatic heterocycles. The van der Waals surface area contributed by atoms with Gasteiger partial charge in [0.15, 0.2) is 0 Å². The average molecular weight is 542 g/mol. The van der Waals surface area contributed by atoms with Crippen LogP contribution in [0.3, 0.4) is 0 Å². The van der Waals surface area contributed by atoms with Gasteiger partial charge in [-0.05, 0) is 60.8 Å². The molecule has 1 nitrogen and oxygen atoms in total. The minimum Gasteiger partial charge on any atom is -0.330 e. The molecule has 0 unspecified atom stereocenters. The van der Waals surface area contributed by atoms with E-state index in [4.69, 9.17) is 5.73 Å². The van der Waals surface area contributed by atoms with Gasteiger partial charge in [-0.3, -0.25) is 0 Å². The maximum Gasteiger partial charge on any atom is -0.00773 e. The van der Waals surface area contributed by atoms with E-state index in [2.05, 4.69) is 91.0 Å². The Bertz CT molecular complexity index is 731. The second kappa shape index (κ2) is 15.2. The molecule has 172 valence electrons. The third kappa shape index (κ3) is 9.46. The van der Waals surface area contributed by atoms with Gasteiger partial charge in [0.05, 0.1) is 0 Å². The summed E-state index contributed by atoms with van der Waals surface area (Å²) in [4.78, 5) is 0. The highest BCUT2D eigenvalue weighted by Crippen LogP contribution is 2.37. The zero-order valence-corrected chi connectivity index (χ0v) is 21.8. The van der Waals surface area contributed by atoms with Crippen molar-refractivity contribution in [3.8, 4) is 0 Å². The van der Waals surface area contributed by atoms with E-state index >= 15 is 0 Å². The van der Waals surface area contributed by atoms with E-state index in [1.165, 1.54) is 61.6 Å². The van der Waals surface area contributed by atoms with Crippen LogP contribution in [-0.4, -0.2) is 6.54 Å². The first-order chi connectivity index (χ1) is 15.3. The summed E-state index contributed by atoms with van der Waals surface area (Å²) in [7, 11) is 0. The van der Waals surface area contributed by atoms with Gasteiger partial charge in [-0.2, -0.15) is 0 Å². The Morgan fingerprint density at radius 2 is 0.812 bits per heavy atom. The van der Waals surface area contributed by atoms with Crippen molar-refractivity contribution < 1.29 is 0 Å². The molecule has 32 heavy (non-hydrogen) atoms. The van der Waals surface area contributed by atoms with Crippen molar-refractivity contribution in [2.24, 2.45) is 11.1 Å². The minimum atomic E-state index is 0. The molecule has 2 N–H and O–H groups in total. The van der Waals surface area contributed by atoms with Crippen molar-refractivity contribution in [1.82, 2.24) is 0 Å². The quantitative estimate of drug-likeness (QED) is 0.162. The van der Waals surface area contributed by atoms with Crippen molar-refractivity contribution in [1.29, 1.82) is 0 Å². The van der Waals surface area contributed by atoms with E-state index < -0.39 is 0 Å². The third-order valence-corrected chi connectivity index (χ3v) is 6.43. The van der Waals surface area contributed by atoms with Gasteiger partial charge in [0.1, 0.15) is 0 Å². The molecule has 0 aliphatic carbocycles. The van der Waals surface area contributed by atoms with Crippen LogP contribution >= 0.6 is 24.0 Å². The van der Waals surface area contributed by atoms with Gasteiger partial charge in [0, 0.05) is 0 Å². The van der Waals surface area contributed by atoms with Gasteiger partial charge >= 0.3 is 0 Å². The van der Waals surface area contributed by atoms with Crippen molar-refractivity contribution in [2.45, 2.75) is 64.2 Å². The average Bonchev–Trinajstić information content (AvgIpc) is 2.80. The van der Waals surface area contributed by atoms with Crippen LogP contribution in [0, 0.1) is 5.41 Å². The zero-order chi connectivity index (χ0) is 21.6. The summed E-state index contributed by atoms with van der Waals surface area (Å²) in [6, 6.07) is 33.3. The maximum absolute atomic E-state index is 5.65. The highest BCUT2D eigenvalue weighted by atomic mass is 127. The first-order valence-electron chi connectivity index (χ1n) is 12.1. The molecular formula is C30H40IN. The van der Waals surface area contributed by atoms with E-state index in [9.17, 15) is 0 Å². The number of rotatable bonds is 14. The van der Waals surface area contributed by atoms with E-state index in [1.54, 1.807) is 0 Å². The molecule has 0 amide bonds. The van der Waals surface area contributed by atoms with Crippen molar-refractivity contribution in [3.05, 3.63) is 108 Å². The van der Waals surface area contributed by atoms with Gasteiger partial charge in [0.2, 0.25) is 0 Å². The third-order valence-electron chi connectivity index (χ3n) is 6.43. The lowest BCUT2D eigenvalue weighted by atomic mass is 9.69. The van der Waals surface area contributed by atoms with Gasteiger partial charge in [0.25, 0.3) is 0 Å². The molecule has 0 bridgehead atoms. The largest absolute Gasteiger partial charge is 0.330 e. The Kier molecular flexibility index (Phi) is 12.7. The molecule has 0 fully saturated rings. The summed E-state index contributed by atoms with van der Waals surface area (Å²) in [6.45, 7) is 0.828. The lowest BCUT2D eigenvalue weighted by molar-refractivity contribution is 0.243. The van der Waals surface area contributed by atoms with E-state index in [1.807, 2.05) is 0 Å². The Morgan fingerprint density at radius 3 is 1.19 bits per heavy atom. The van der Waals surface area contributed by atoms with Gasteiger partial charge in [-0.15, -0.1) is 24.0 Å². The van der Waals surface area contributed by atoms with Gasteiger partial charge < -0.3 is 5.73 Å². The van der Waals surface area contributed by atoms with Crippen LogP contribution < -0.4 is 5.73 Å². The highest BCUT2D eigenvalue weighted by Gasteiger charge is 2.30. The second-order valence-corrected chi connectivity index (χ2v) is 9.15. The molecule has 3 aromatic rings. The van der Waals surface area contributed by atoms with Crippen LogP contribution in [0.5, 0.6) is 0 Å². The molecule has 0 saturated heterocycles. The highest BCUT2D eigenvalue weighted by molar-refractivity contribution is 14.0. The minimum absolute atomic E-state index is 0. The number of hydrogen-bond donors (Lipinski definition) is 1. The molecule has 0 radical (unpaired) electrons. The number of unbranched alkanes of at least 4 members (excludes halogenated alkanes) is 5. The smallest absolute Gasteiger partial charge is 0.00773 e. The van der Waals surface area contributed by atoms with Gasteiger partial charge in [-0.25, -0.2) is 0 Å². The summed E-state index contributed by atoms with van der Waals surface area (Å²) in [5.41, 5.74) is 10.3. The van der Waals surface area contributed by atoms with Crippen molar-refractivity contribution >= 4 is 24.0 Å². The Balaban J connectivity index is 0.00000363. The predicted molar refractivity (Wildman–Crippen MR) is 150 cm³/mol. The molecule has 0 atom stereocenters. The SMILES string of the molecule is I.NCCCCCCCCC(Cc1ccccc1)(Cc1ccccc1)Cc1ccccc1. The predicted octanol–water partition coefficient (Wildman–Crippen LogP) is 8.01. The summed E-state index contributed by atoms with van der Waals surface area (Å²) in [5, 5.41) is 0. The molecule has 3 aromatic carbocycles. The lowest BCUT2D eigenvalue weighted by Crippen LogP contribution is -2.30. The molecule has 3 rings (SSSR count). The monoisotopic (exact) mass is 541 g/mol. The van der Waals surface area contributed by atoms with Gasteiger partial charge in [-0.1, -0.05) is 123 Å². The van der Waals surface area contributed by atoms with E-state index in [-0.39, 0.29) is 29.4 Å². The summed E-state index contributed by atoms with van der Waals surface area (Å²) < 4.78 is 0. The molecule has 0 aromatic heterocycles. The molecule has 0 aliphatic rings. The normalized spacial score (nSPS) is 11.2. The number of hydrogen-bond acceptors (Lipinski definition) is 1. The van der Waals surface area contributed by atoms with Crippen LogP contribution in [0.1, 0.15) is 61.6 Å². The second-order valence-electron chi connectivity index (χ2n) is 9.15. The summed E-state index contributed by atoms with van der Waals surface area (Å²) >= 11 is 0. The molecule has 2 heteroatoms. The molecule has 0 spiro atoms. The molecule has 0 heterocycles. The van der Waals surface area contributed by atoms with Crippen molar-refractivity contribution in [3.63, 3.8) is 0 Å². The fraction of sp³-hybridized carbons (Fsp3) is 0.400. The van der Waals surface area contributed by atoms with E-state index in [0.29, 0.717) is 0 Å². The first kappa shape index (κ1) is 26.6. The number of benzene rings is 3. The fourth-order valence-electron chi connectivity index (χ4n) is 4.89. The topological polar surface area (TPSA) is 26.0 Å². The molecular weight excluding hydrogens is 501 g/mol. The number of halogens is 1. The lowest BCUT2D eigenvalue weighted by Gasteiger charge is -2.35.